The van der Waals surface area contributed by atoms with Gasteiger partial charge in [0.05, 0.1) is 12.2 Å². The van der Waals surface area contributed by atoms with Gasteiger partial charge in [0.15, 0.2) is 0 Å². The monoisotopic (exact) mass is 445 g/mol. The van der Waals surface area contributed by atoms with E-state index in [1.807, 2.05) is 30.7 Å². The maximum absolute atomic E-state index is 12.5. The quantitative estimate of drug-likeness (QED) is 0.594. The van der Waals surface area contributed by atoms with Gasteiger partial charge in [0.25, 0.3) is 0 Å². The van der Waals surface area contributed by atoms with E-state index < -0.39 is 27.0 Å². The average molecular weight is 445 g/mol. The average Bonchev–Trinajstić information content (AvgIpc) is 3.22. The molecule has 1 aromatic carbocycles. The first-order valence-corrected chi connectivity index (χ1v) is 10.9. The fourth-order valence-electron chi connectivity index (χ4n) is 2.98. The lowest BCUT2D eigenvalue weighted by Crippen LogP contribution is -2.29. The summed E-state index contributed by atoms with van der Waals surface area (Å²) in [7, 11) is -4.21. The molecule has 0 radical (unpaired) electrons. The summed E-state index contributed by atoms with van der Waals surface area (Å²) in [5, 5.41) is 8.40. The summed E-state index contributed by atoms with van der Waals surface area (Å²) < 4.78 is 70.4. The number of aromatic nitrogens is 2. The number of rotatable bonds is 7. The van der Waals surface area contributed by atoms with Gasteiger partial charge in [-0.25, -0.2) is 13.1 Å². The lowest BCUT2D eigenvalue weighted by molar-refractivity contribution is -0.275. The van der Waals surface area contributed by atoms with Crippen molar-refractivity contribution < 1.29 is 26.3 Å². The molecule has 2 aromatic heterocycles. The van der Waals surface area contributed by atoms with Crippen LogP contribution in [-0.2, 0) is 16.6 Å². The molecular formula is C18H18F3N3O3S2. The van der Waals surface area contributed by atoms with Crippen molar-refractivity contribution in [1.29, 1.82) is 0 Å². The Balaban J connectivity index is 1.74. The minimum Gasteiger partial charge on any atom is -0.404 e. The second kappa shape index (κ2) is 8.17. The van der Waals surface area contributed by atoms with Crippen LogP contribution in [0.1, 0.15) is 11.4 Å². The zero-order chi connectivity index (χ0) is 21.2. The summed E-state index contributed by atoms with van der Waals surface area (Å²) in [5.74, 6) is -0.779. The van der Waals surface area contributed by atoms with Crippen molar-refractivity contribution in [3.63, 3.8) is 0 Å². The Morgan fingerprint density at radius 1 is 1.21 bits per heavy atom. The zero-order valence-corrected chi connectivity index (χ0v) is 17.2. The molecular weight excluding hydrogens is 427 g/mol. The van der Waals surface area contributed by atoms with Gasteiger partial charge in [-0.1, -0.05) is 12.1 Å². The molecule has 0 aliphatic rings. The Morgan fingerprint density at radius 3 is 2.59 bits per heavy atom. The Bertz CT molecular complexity index is 1090. The van der Waals surface area contributed by atoms with Crippen LogP contribution in [-0.4, -0.2) is 31.1 Å². The van der Waals surface area contributed by atoms with Crippen molar-refractivity contribution in [2.45, 2.75) is 31.7 Å². The van der Waals surface area contributed by atoms with Crippen molar-refractivity contribution in [3.05, 3.63) is 52.5 Å². The van der Waals surface area contributed by atoms with E-state index >= 15 is 0 Å². The van der Waals surface area contributed by atoms with Gasteiger partial charge < -0.3 is 4.74 Å². The largest absolute Gasteiger partial charge is 0.573 e. The first kappa shape index (κ1) is 21.3. The van der Waals surface area contributed by atoms with Crippen LogP contribution >= 0.6 is 11.3 Å². The van der Waals surface area contributed by atoms with Crippen LogP contribution in [0, 0.1) is 13.8 Å². The van der Waals surface area contributed by atoms with E-state index in [1.54, 1.807) is 16.0 Å². The van der Waals surface area contributed by atoms with E-state index in [9.17, 15) is 21.6 Å². The topological polar surface area (TPSA) is 73.2 Å². The highest BCUT2D eigenvalue weighted by molar-refractivity contribution is 7.89. The van der Waals surface area contributed by atoms with E-state index in [0.717, 1.165) is 34.6 Å². The number of hydrogen-bond acceptors (Lipinski definition) is 5. The highest BCUT2D eigenvalue weighted by atomic mass is 32.2. The lowest BCUT2D eigenvalue weighted by atomic mass is 10.1. The number of benzene rings is 1. The molecule has 1 N–H and O–H groups in total. The van der Waals surface area contributed by atoms with Crippen LogP contribution in [0.25, 0.3) is 11.1 Å². The first-order chi connectivity index (χ1) is 13.6. The van der Waals surface area contributed by atoms with Gasteiger partial charge in [-0.05, 0) is 48.4 Å². The number of aryl methyl sites for hydroxylation is 1. The van der Waals surface area contributed by atoms with Crippen molar-refractivity contribution in [3.8, 4) is 16.9 Å². The number of thiophene rings is 1. The molecule has 29 heavy (non-hydrogen) atoms. The Kier molecular flexibility index (Phi) is 6.01. The Labute approximate surface area is 170 Å². The minimum atomic E-state index is -4.99. The molecule has 156 valence electrons. The van der Waals surface area contributed by atoms with Gasteiger partial charge in [0.2, 0.25) is 10.0 Å². The fraction of sp³-hybridized carbons (Fsp3) is 0.278. The summed E-state index contributed by atoms with van der Waals surface area (Å²) in [6, 6.07) is 6.58. The summed E-state index contributed by atoms with van der Waals surface area (Å²) in [6.07, 6.45) is -4.99. The number of alkyl halides is 3. The van der Waals surface area contributed by atoms with Crippen LogP contribution in [0.15, 0.2) is 46.0 Å². The molecule has 3 aromatic rings. The SMILES string of the molecule is Cc1nn(CCNS(=O)(=O)c2ccccc2OC(F)(F)F)c(C)c1-c1ccsc1. The summed E-state index contributed by atoms with van der Waals surface area (Å²) in [6.45, 7) is 3.92. The molecule has 0 aliphatic carbocycles. The number of sulfonamides is 1. The molecule has 0 amide bonds. The maximum atomic E-state index is 12.5. The number of hydrogen-bond donors (Lipinski definition) is 1. The number of para-hydroxylation sites is 1. The third-order valence-electron chi connectivity index (χ3n) is 4.17. The smallest absolute Gasteiger partial charge is 0.404 e. The van der Waals surface area contributed by atoms with Gasteiger partial charge in [0, 0.05) is 17.8 Å². The minimum absolute atomic E-state index is 0.0479. The van der Waals surface area contributed by atoms with E-state index in [-0.39, 0.29) is 13.1 Å². The van der Waals surface area contributed by atoms with Crippen molar-refractivity contribution >= 4 is 21.4 Å². The second-order valence-corrected chi connectivity index (χ2v) is 8.69. The van der Waals surface area contributed by atoms with Gasteiger partial charge >= 0.3 is 6.36 Å². The van der Waals surface area contributed by atoms with E-state index in [2.05, 4.69) is 14.6 Å². The summed E-state index contributed by atoms with van der Waals surface area (Å²) >= 11 is 1.56. The third-order valence-corrected chi connectivity index (χ3v) is 6.36. The van der Waals surface area contributed by atoms with Gasteiger partial charge in [-0.3, -0.25) is 4.68 Å². The molecule has 2 heterocycles. The molecule has 6 nitrogen and oxygen atoms in total. The van der Waals surface area contributed by atoms with Gasteiger partial charge in [-0.15, -0.1) is 13.2 Å². The van der Waals surface area contributed by atoms with Crippen molar-refractivity contribution in [2.75, 3.05) is 6.54 Å². The summed E-state index contributed by atoms with van der Waals surface area (Å²) in [4.78, 5) is -0.579. The molecule has 0 spiro atoms. The van der Waals surface area contributed by atoms with Gasteiger partial charge in [0.1, 0.15) is 10.6 Å². The third kappa shape index (κ3) is 4.98. The zero-order valence-electron chi connectivity index (χ0n) is 15.5. The predicted octanol–water partition coefficient (Wildman–Crippen LogP) is 4.11. The van der Waals surface area contributed by atoms with Crippen molar-refractivity contribution in [1.82, 2.24) is 14.5 Å². The molecule has 0 fully saturated rings. The van der Waals surface area contributed by atoms with Crippen LogP contribution < -0.4 is 9.46 Å². The maximum Gasteiger partial charge on any atom is 0.573 e. The van der Waals surface area contributed by atoms with Crippen LogP contribution in [0.4, 0.5) is 13.2 Å². The lowest BCUT2D eigenvalue weighted by Gasteiger charge is -2.14. The van der Waals surface area contributed by atoms with Crippen molar-refractivity contribution in [2.24, 2.45) is 0 Å². The highest BCUT2D eigenvalue weighted by Crippen LogP contribution is 2.30. The first-order valence-electron chi connectivity index (χ1n) is 8.49. The normalized spacial score (nSPS) is 12.3. The molecule has 0 atom stereocenters. The van der Waals surface area contributed by atoms with Gasteiger partial charge in [-0.2, -0.15) is 16.4 Å². The molecule has 0 saturated carbocycles. The highest BCUT2D eigenvalue weighted by Gasteiger charge is 2.33. The Morgan fingerprint density at radius 2 is 1.93 bits per heavy atom. The molecule has 0 unspecified atom stereocenters. The number of nitrogens with one attached hydrogen (secondary N) is 1. The van der Waals surface area contributed by atoms with Crippen LogP contribution in [0.2, 0.25) is 0 Å². The molecule has 3 rings (SSSR count). The fourth-order valence-corrected chi connectivity index (χ4v) is 4.78. The molecule has 11 heteroatoms. The number of nitrogens with zero attached hydrogens (tertiary/aromatic N) is 2. The van der Waals surface area contributed by atoms with Crippen LogP contribution in [0.5, 0.6) is 5.75 Å². The van der Waals surface area contributed by atoms with E-state index in [4.69, 9.17) is 0 Å². The van der Waals surface area contributed by atoms with E-state index in [1.165, 1.54) is 12.1 Å². The number of halogens is 3. The summed E-state index contributed by atoms with van der Waals surface area (Å²) in [5.41, 5.74) is 3.71. The second-order valence-electron chi connectivity index (χ2n) is 6.17. The Hall–Kier alpha value is -2.37. The molecule has 0 aliphatic heterocycles. The predicted molar refractivity (Wildman–Crippen MR) is 103 cm³/mol. The molecule has 0 saturated heterocycles. The van der Waals surface area contributed by atoms with E-state index in [0.29, 0.717) is 0 Å². The standard InChI is InChI=1S/C18H18F3N3O3S2/c1-12-17(14-7-10-28-11-14)13(2)24(23-12)9-8-22-29(25,26)16-6-4-3-5-15(16)27-18(19,20)21/h3-7,10-11,22H,8-9H2,1-2H3. The van der Waals surface area contributed by atoms with Crippen LogP contribution in [0.3, 0.4) is 0 Å². The number of ether oxygens (including phenoxy) is 1. The molecule has 0 bridgehead atoms.